The zero-order chi connectivity index (χ0) is 23.6. The van der Waals surface area contributed by atoms with Crippen LogP contribution >= 0.6 is 0 Å². The van der Waals surface area contributed by atoms with E-state index in [9.17, 15) is 0 Å². The first-order valence-electron chi connectivity index (χ1n) is 12.1. The van der Waals surface area contributed by atoms with Gasteiger partial charge in [-0.15, -0.1) is 0 Å². The summed E-state index contributed by atoms with van der Waals surface area (Å²) in [4.78, 5) is 0. The van der Waals surface area contributed by atoms with Crippen molar-refractivity contribution in [3.63, 3.8) is 0 Å². The van der Waals surface area contributed by atoms with Gasteiger partial charge in [0.15, 0.2) is 0 Å². The summed E-state index contributed by atoms with van der Waals surface area (Å²) in [5.74, 6) is 0. The van der Waals surface area contributed by atoms with Gasteiger partial charge in [0.05, 0.1) is 8.80 Å². The second-order valence-corrected chi connectivity index (χ2v) is 41.9. The van der Waals surface area contributed by atoms with Crippen molar-refractivity contribution in [2.24, 2.45) is 0 Å². The molecule has 1 saturated heterocycles. The van der Waals surface area contributed by atoms with E-state index in [4.69, 9.17) is 0 Å². The van der Waals surface area contributed by atoms with Gasteiger partial charge < -0.3 is 0 Å². The predicted molar refractivity (Wildman–Crippen MR) is 153 cm³/mol. The molecule has 0 bridgehead atoms. The first-order valence-corrected chi connectivity index (χ1v) is 27.9. The molecule has 1 aliphatic heterocycles. The highest BCUT2D eigenvalue weighted by atomic mass is 28.5. The lowest BCUT2D eigenvalue weighted by atomic mass is 10.1. The molecule has 1 aliphatic rings. The molecule has 30 heavy (non-hydrogen) atoms. The van der Waals surface area contributed by atoms with Crippen molar-refractivity contribution in [2.75, 3.05) is 0 Å². The fourth-order valence-electron chi connectivity index (χ4n) is 8.28. The Kier molecular flexibility index (Phi) is 7.05. The topological polar surface area (TPSA) is 0 Å². The van der Waals surface area contributed by atoms with Crippen molar-refractivity contribution in [2.45, 2.75) is 120 Å². The van der Waals surface area contributed by atoms with Crippen LogP contribution in [0.3, 0.4) is 0 Å². The van der Waals surface area contributed by atoms with E-state index in [0.29, 0.717) is 0 Å². The summed E-state index contributed by atoms with van der Waals surface area (Å²) in [6, 6.07) is 8.88. The summed E-state index contributed by atoms with van der Waals surface area (Å²) in [7, 11) is -5.97. The Bertz CT molecular complexity index is 680. The Hall–Kier alpha value is 0.304. The summed E-state index contributed by atoms with van der Waals surface area (Å²) in [5.41, 5.74) is 4.60. The molecule has 0 N–H and O–H groups in total. The second-order valence-electron chi connectivity index (χ2n) is 14.5. The number of hydrogen-bond acceptors (Lipinski definition) is 0. The first-order chi connectivity index (χ1) is 13.2. The summed E-state index contributed by atoms with van der Waals surface area (Å²) in [6.45, 7) is 37.6. The molecule has 1 aromatic carbocycles. The fourth-order valence-corrected chi connectivity index (χ4v) is 52.2. The molecule has 171 valence electrons. The molecule has 0 spiro atoms. The average Bonchev–Trinajstić information content (AvgIpc) is 2.81. The van der Waals surface area contributed by atoms with E-state index in [0.717, 1.165) is 8.57 Å². The maximum atomic E-state index is 2.75. The number of rotatable bonds is 6. The van der Waals surface area contributed by atoms with Crippen molar-refractivity contribution in [3.8, 4) is 0 Å². The Morgan fingerprint density at radius 2 is 0.900 bits per heavy atom. The molecule has 1 radical (unpaired) electrons. The standard InChI is InChI=1S/C25H51Si5/c1-21-17-22(2)19-23(18-21)20-26-24(27(3,4)5,28(6,7)8)15-16-25(26,29(9,10)11)30(12,13)14/h17-19H,15-16,20H2,1-14H3. The number of benzene rings is 1. The molecule has 1 aromatic rings. The molecule has 0 saturated carbocycles. The average molecular weight is 492 g/mol. The SMILES string of the molecule is Cc1cc(C)cc(C[Si]2C([Si](C)(C)C)([Si](C)(C)C)CCC2([Si](C)(C)C)[Si](C)(C)C)c1. The van der Waals surface area contributed by atoms with Crippen LogP contribution in [0, 0.1) is 13.8 Å². The Balaban J connectivity index is 2.89. The van der Waals surface area contributed by atoms with Gasteiger partial charge in [0, 0.05) is 32.3 Å². The zero-order valence-electron chi connectivity index (χ0n) is 22.9. The van der Waals surface area contributed by atoms with Gasteiger partial charge in [-0.1, -0.05) is 126 Å². The third-order valence-electron chi connectivity index (χ3n) is 8.69. The van der Waals surface area contributed by atoms with Gasteiger partial charge in [0.2, 0.25) is 0 Å². The summed E-state index contributed by atoms with van der Waals surface area (Å²) < 4.78 is 1.45. The number of aryl methyl sites for hydroxylation is 2. The fraction of sp³-hybridized carbons (Fsp3) is 0.760. The van der Waals surface area contributed by atoms with Crippen LogP contribution in [0.1, 0.15) is 29.5 Å². The van der Waals surface area contributed by atoms with Gasteiger partial charge in [-0.25, -0.2) is 0 Å². The molecule has 0 aromatic heterocycles. The second kappa shape index (κ2) is 7.96. The molecule has 2 rings (SSSR count). The Morgan fingerprint density at radius 1 is 0.600 bits per heavy atom. The lowest BCUT2D eigenvalue weighted by Gasteiger charge is -2.60. The highest BCUT2D eigenvalue weighted by molar-refractivity contribution is 7.21. The van der Waals surface area contributed by atoms with Crippen molar-refractivity contribution in [3.05, 3.63) is 34.9 Å². The number of hydrogen-bond donors (Lipinski definition) is 0. The van der Waals surface area contributed by atoms with Crippen LogP contribution in [0.5, 0.6) is 0 Å². The molecular formula is C25H51Si5. The third kappa shape index (κ3) is 4.15. The van der Waals surface area contributed by atoms with E-state index in [1.54, 1.807) is 18.4 Å². The minimum absolute atomic E-state index is 0.575. The van der Waals surface area contributed by atoms with E-state index in [2.05, 4.69) is 111 Å². The van der Waals surface area contributed by atoms with E-state index < -0.39 is 41.1 Å². The van der Waals surface area contributed by atoms with Gasteiger partial charge in [-0.05, 0) is 28.5 Å². The van der Waals surface area contributed by atoms with E-state index in [-0.39, 0.29) is 0 Å². The normalized spacial score (nSPS) is 20.6. The molecule has 0 unspecified atom stereocenters. The zero-order valence-corrected chi connectivity index (χ0v) is 27.9. The van der Waals surface area contributed by atoms with Gasteiger partial charge >= 0.3 is 0 Å². The molecular weight excluding hydrogens is 441 g/mol. The minimum Gasteiger partial charge on any atom is -0.0696 e. The van der Waals surface area contributed by atoms with Crippen molar-refractivity contribution >= 4 is 41.1 Å². The van der Waals surface area contributed by atoms with Crippen LogP contribution in [0.25, 0.3) is 0 Å². The molecule has 1 fully saturated rings. The van der Waals surface area contributed by atoms with Crippen molar-refractivity contribution in [1.82, 2.24) is 0 Å². The molecule has 0 nitrogen and oxygen atoms in total. The lowest BCUT2D eigenvalue weighted by Crippen LogP contribution is -2.69. The van der Waals surface area contributed by atoms with Crippen LogP contribution in [0.4, 0.5) is 0 Å². The smallest absolute Gasteiger partial charge is 0.0544 e. The molecule has 0 aliphatic carbocycles. The van der Waals surface area contributed by atoms with E-state index >= 15 is 0 Å². The highest BCUT2D eigenvalue weighted by Gasteiger charge is 2.72. The molecule has 0 amide bonds. The Labute approximate surface area is 195 Å². The molecule has 0 atom stereocenters. The van der Waals surface area contributed by atoms with Crippen LogP contribution < -0.4 is 0 Å². The maximum Gasteiger partial charge on any atom is 0.0544 e. The molecule has 5 heteroatoms. The minimum atomic E-state index is -1.35. The van der Waals surface area contributed by atoms with Gasteiger partial charge in [0.25, 0.3) is 0 Å². The lowest BCUT2D eigenvalue weighted by molar-refractivity contribution is 0.763. The van der Waals surface area contributed by atoms with Gasteiger partial charge in [-0.3, -0.25) is 0 Å². The van der Waals surface area contributed by atoms with Crippen molar-refractivity contribution in [1.29, 1.82) is 0 Å². The van der Waals surface area contributed by atoms with E-state index in [1.165, 1.54) is 17.2 Å². The quantitative estimate of drug-likeness (QED) is 0.349. The maximum absolute atomic E-state index is 2.75. The summed E-state index contributed by atoms with van der Waals surface area (Å²) in [5, 5.41) is 0. The third-order valence-corrected chi connectivity index (χ3v) is 44.9. The van der Waals surface area contributed by atoms with Crippen LogP contribution in [0.15, 0.2) is 18.2 Å². The predicted octanol–water partition coefficient (Wildman–Crippen LogP) is 8.66. The molecule has 1 heterocycles. The summed E-state index contributed by atoms with van der Waals surface area (Å²) >= 11 is 0. The monoisotopic (exact) mass is 491 g/mol. The largest absolute Gasteiger partial charge is 0.0696 e. The van der Waals surface area contributed by atoms with Crippen molar-refractivity contribution < 1.29 is 0 Å². The van der Waals surface area contributed by atoms with Crippen LogP contribution in [-0.4, -0.2) is 41.1 Å². The first kappa shape index (κ1) is 26.6. The Morgan fingerprint density at radius 3 is 1.17 bits per heavy atom. The van der Waals surface area contributed by atoms with Gasteiger partial charge in [-0.2, -0.15) is 0 Å². The summed E-state index contributed by atoms with van der Waals surface area (Å²) in [6.07, 6.45) is 3.12. The highest BCUT2D eigenvalue weighted by Crippen LogP contribution is 2.71. The van der Waals surface area contributed by atoms with Gasteiger partial charge in [0.1, 0.15) is 0 Å². The van der Waals surface area contributed by atoms with Crippen LogP contribution in [-0.2, 0) is 6.04 Å². The van der Waals surface area contributed by atoms with Crippen LogP contribution in [0.2, 0.25) is 87.1 Å². The van der Waals surface area contributed by atoms with E-state index in [1.807, 2.05) is 0 Å².